The van der Waals surface area contributed by atoms with E-state index in [9.17, 15) is 5.11 Å². The number of aliphatic hydroxyl groups is 1. The summed E-state index contributed by atoms with van der Waals surface area (Å²) in [5, 5.41) is 14.1. The topological polar surface area (TPSA) is 44.7 Å². The number of aliphatic hydroxyl groups excluding tert-OH is 1. The van der Waals surface area contributed by atoms with Crippen molar-refractivity contribution in [2.45, 2.75) is 58.2 Å². The van der Waals surface area contributed by atoms with E-state index in [1.165, 1.54) is 5.57 Å². The second-order valence-corrected chi connectivity index (χ2v) is 7.78. The molecule has 2 heterocycles. The van der Waals surface area contributed by atoms with E-state index in [4.69, 9.17) is 4.74 Å². The summed E-state index contributed by atoms with van der Waals surface area (Å²) in [6.07, 6.45) is 5.17. The van der Waals surface area contributed by atoms with Crippen molar-refractivity contribution in [3.8, 4) is 0 Å². The highest BCUT2D eigenvalue weighted by molar-refractivity contribution is 5.14. The van der Waals surface area contributed by atoms with Crippen LogP contribution in [0.2, 0.25) is 0 Å². The minimum atomic E-state index is -0.203. The molecule has 22 heavy (non-hydrogen) atoms. The van der Waals surface area contributed by atoms with Crippen LogP contribution >= 0.6 is 0 Å². The lowest BCUT2D eigenvalue weighted by Crippen LogP contribution is -2.65. The molecule has 1 saturated carbocycles. The van der Waals surface area contributed by atoms with Gasteiger partial charge in [0.25, 0.3) is 0 Å². The minimum Gasteiger partial charge on any atom is -0.391 e. The van der Waals surface area contributed by atoms with Gasteiger partial charge in [0.05, 0.1) is 19.3 Å². The van der Waals surface area contributed by atoms with Crippen LogP contribution in [0.1, 0.15) is 40.0 Å². The second kappa shape index (κ2) is 6.60. The van der Waals surface area contributed by atoms with E-state index < -0.39 is 0 Å². The van der Waals surface area contributed by atoms with Crippen LogP contribution in [0.3, 0.4) is 0 Å². The monoisotopic (exact) mass is 308 g/mol. The first-order chi connectivity index (χ1) is 10.6. The SMILES string of the molecule is CCN1CC2(C[C@@H](O)[C@H](NCC3=CCCOC3)C2)C1C(C)C. The quantitative estimate of drug-likeness (QED) is 0.760. The van der Waals surface area contributed by atoms with Crippen LogP contribution in [0.4, 0.5) is 0 Å². The summed E-state index contributed by atoms with van der Waals surface area (Å²) < 4.78 is 5.50. The van der Waals surface area contributed by atoms with E-state index in [-0.39, 0.29) is 12.1 Å². The molecule has 3 aliphatic rings. The molecule has 3 rings (SSSR count). The lowest BCUT2D eigenvalue weighted by atomic mass is 9.65. The Morgan fingerprint density at radius 1 is 1.45 bits per heavy atom. The molecule has 126 valence electrons. The number of nitrogens with one attached hydrogen (secondary N) is 1. The average Bonchev–Trinajstić information content (AvgIpc) is 2.82. The Hall–Kier alpha value is -0.420. The Morgan fingerprint density at radius 2 is 2.27 bits per heavy atom. The van der Waals surface area contributed by atoms with Crippen molar-refractivity contribution in [2.75, 3.05) is 32.8 Å². The smallest absolute Gasteiger partial charge is 0.0699 e. The van der Waals surface area contributed by atoms with Gasteiger partial charge in [-0.1, -0.05) is 26.8 Å². The van der Waals surface area contributed by atoms with E-state index >= 15 is 0 Å². The molecule has 1 saturated heterocycles. The molecule has 0 aromatic rings. The summed E-state index contributed by atoms with van der Waals surface area (Å²) in [4.78, 5) is 2.58. The average molecular weight is 308 g/mol. The summed E-state index contributed by atoms with van der Waals surface area (Å²) in [5.41, 5.74) is 1.67. The van der Waals surface area contributed by atoms with Crippen molar-refractivity contribution in [1.29, 1.82) is 0 Å². The molecule has 0 aromatic heterocycles. The van der Waals surface area contributed by atoms with Gasteiger partial charge in [-0.3, -0.25) is 4.90 Å². The van der Waals surface area contributed by atoms with Crippen molar-refractivity contribution >= 4 is 0 Å². The molecule has 4 nitrogen and oxygen atoms in total. The van der Waals surface area contributed by atoms with Gasteiger partial charge in [0.15, 0.2) is 0 Å². The molecule has 1 spiro atoms. The molecule has 1 aliphatic carbocycles. The molecule has 2 aliphatic heterocycles. The largest absolute Gasteiger partial charge is 0.391 e. The normalized spacial score (nSPS) is 39.3. The lowest BCUT2D eigenvalue weighted by molar-refractivity contribution is -0.0964. The molecule has 0 bridgehead atoms. The molecule has 4 heteroatoms. The lowest BCUT2D eigenvalue weighted by Gasteiger charge is -2.58. The summed E-state index contributed by atoms with van der Waals surface area (Å²) in [6.45, 7) is 11.6. The molecule has 4 atom stereocenters. The third kappa shape index (κ3) is 2.99. The first-order valence-electron chi connectivity index (χ1n) is 8.97. The zero-order valence-electron chi connectivity index (χ0n) is 14.3. The highest BCUT2D eigenvalue weighted by atomic mass is 16.5. The standard InChI is InChI=1S/C18H32N2O2/c1-4-20-12-18(17(20)13(2)3)8-15(16(21)9-18)19-10-14-6-5-7-22-11-14/h6,13,15-17,19,21H,4-5,7-12H2,1-3H3/t15-,16-,17?,18?/m1/s1. The molecule has 0 radical (unpaired) electrons. The van der Waals surface area contributed by atoms with Gasteiger partial charge in [-0.25, -0.2) is 0 Å². The predicted molar refractivity (Wildman–Crippen MR) is 88.9 cm³/mol. The van der Waals surface area contributed by atoms with Gasteiger partial charge in [0.1, 0.15) is 0 Å². The fourth-order valence-electron chi connectivity index (χ4n) is 5.10. The Kier molecular flexibility index (Phi) is 4.93. The number of likely N-dealkylation sites (tertiary alicyclic amines) is 1. The van der Waals surface area contributed by atoms with E-state index in [1.807, 2.05) is 0 Å². The highest BCUT2D eigenvalue weighted by Gasteiger charge is 2.58. The van der Waals surface area contributed by atoms with Crippen molar-refractivity contribution in [3.63, 3.8) is 0 Å². The number of ether oxygens (including phenoxy) is 1. The zero-order chi connectivity index (χ0) is 15.7. The molecule has 2 N–H and O–H groups in total. The third-order valence-electron chi connectivity index (χ3n) is 5.86. The maximum atomic E-state index is 10.5. The van der Waals surface area contributed by atoms with Crippen LogP contribution in [0.5, 0.6) is 0 Å². The molecule has 0 aromatic carbocycles. The van der Waals surface area contributed by atoms with Gasteiger partial charge in [-0.15, -0.1) is 0 Å². The minimum absolute atomic E-state index is 0.203. The van der Waals surface area contributed by atoms with Crippen molar-refractivity contribution in [2.24, 2.45) is 11.3 Å². The van der Waals surface area contributed by atoms with Crippen molar-refractivity contribution in [1.82, 2.24) is 10.2 Å². The molecule has 0 amide bonds. The van der Waals surface area contributed by atoms with Crippen LogP contribution in [-0.2, 0) is 4.74 Å². The predicted octanol–water partition coefficient (Wildman–Crippen LogP) is 1.79. The first-order valence-corrected chi connectivity index (χ1v) is 8.97. The third-order valence-corrected chi connectivity index (χ3v) is 5.86. The number of hydrogen-bond donors (Lipinski definition) is 2. The molecular weight excluding hydrogens is 276 g/mol. The number of hydrogen-bond acceptors (Lipinski definition) is 4. The zero-order valence-corrected chi connectivity index (χ0v) is 14.3. The molecular formula is C18H32N2O2. The van der Waals surface area contributed by atoms with E-state index in [0.717, 1.165) is 52.1 Å². The van der Waals surface area contributed by atoms with Gasteiger partial charge < -0.3 is 15.2 Å². The van der Waals surface area contributed by atoms with Crippen LogP contribution < -0.4 is 5.32 Å². The van der Waals surface area contributed by atoms with E-state index in [0.29, 0.717) is 17.4 Å². The Bertz CT molecular complexity index is 423. The maximum absolute atomic E-state index is 10.5. The van der Waals surface area contributed by atoms with Gasteiger partial charge in [0.2, 0.25) is 0 Å². The summed E-state index contributed by atoms with van der Waals surface area (Å²) in [7, 11) is 0. The van der Waals surface area contributed by atoms with Crippen LogP contribution in [0.15, 0.2) is 11.6 Å². The van der Waals surface area contributed by atoms with Gasteiger partial charge in [0, 0.05) is 30.6 Å². The first kappa shape index (κ1) is 16.4. The number of rotatable bonds is 5. The Morgan fingerprint density at radius 3 is 2.91 bits per heavy atom. The van der Waals surface area contributed by atoms with Crippen molar-refractivity contribution < 1.29 is 9.84 Å². The Labute approximate surface area is 134 Å². The van der Waals surface area contributed by atoms with Gasteiger partial charge in [-0.2, -0.15) is 0 Å². The van der Waals surface area contributed by atoms with Gasteiger partial charge in [-0.05, 0) is 37.3 Å². The fraction of sp³-hybridized carbons (Fsp3) is 0.889. The summed E-state index contributed by atoms with van der Waals surface area (Å²) in [5.74, 6) is 0.661. The second-order valence-electron chi connectivity index (χ2n) is 7.78. The fourth-order valence-corrected chi connectivity index (χ4v) is 5.10. The Balaban J connectivity index is 1.58. The molecule has 2 unspecified atom stereocenters. The van der Waals surface area contributed by atoms with E-state index in [2.05, 4.69) is 37.1 Å². The highest BCUT2D eigenvalue weighted by Crippen LogP contribution is 2.52. The van der Waals surface area contributed by atoms with Crippen LogP contribution in [-0.4, -0.2) is 61.0 Å². The van der Waals surface area contributed by atoms with Crippen LogP contribution in [0, 0.1) is 11.3 Å². The van der Waals surface area contributed by atoms with Crippen molar-refractivity contribution in [3.05, 3.63) is 11.6 Å². The summed E-state index contributed by atoms with van der Waals surface area (Å²) >= 11 is 0. The number of nitrogens with zero attached hydrogens (tertiary/aromatic N) is 1. The summed E-state index contributed by atoms with van der Waals surface area (Å²) in [6, 6.07) is 0.874. The maximum Gasteiger partial charge on any atom is 0.0699 e. The van der Waals surface area contributed by atoms with Gasteiger partial charge >= 0.3 is 0 Å². The van der Waals surface area contributed by atoms with E-state index in [1.54, 1.807) is 0 Å². The van der Waals surface area contributed by atoms with Crippen LogP contribution in [0.25, 0.3) is 0 Å². The molecule has 2 fully saturated rings.